The smallest absolute Gasteiger partial charge is 0.122 e. The summed E-state index contributed by atoms with van der Waals surface area (Å²) in [6, 6.07) is 6.24. The highest BCUT2D eigenvalue weighted by molar-refractivity contribution is 9.09. The zero-order valence-electron chi connectivity index (χ0n) is 7.43. The normalized spacial score (nSPS) is 9.92. The highest BCUT2D eigenvalue weighted by Gasteiger charge is 1.97. The van der Waals surface area contributed by atoms with Gasteiger partial charge in [-0.25, -0.2) is 0 Å². The minimum absolute atomic E-state index is 0.726. The Morgan fingerprint density at radius 1 is 1.33 bits per heavy atom. The summed E-state index contributed by atoms with van der Waals surface area (Å²) in [5, 5.41) is 0.875. The van der Waals surface area contributed by atoms with Crippen molar-refractivity contribution in [1.82, 2.24) is 0 Å². The summed E-state index contributed by atoms with van der Waals surface area (Å²) in [6.45, 7) is 4.85. The second-order valence-corrected chi connectivity index (χ2v) is 3.60. The van der Waals surface area contributed by atoms with Gasteiger partial charge in [0, 0.05) is 5.33 Å². The van der Waals surface area contributed by atoms with Crippen molar-refractivity contribution in [2.24, 2.45) is 0 Å². The number of ether oxygens (including phenoxy) is 1. The maximum absolute atomic E-state index is 5.52. The zero-order chi connectivity index (χ0) is 8.97. The molecule has 0 fully saturated rings. The first-order valence-corrected chi connectivity index (χ1v) is 5.12. The quantitative estimate of drug-likeness (QED) is 0.723. The molecule has 0 radical (unpaired) electrons. The number of hydrogen-bond donors (Lipinski definition) is 0. The van der Waals surface area contributed by atoms with Gasteiger partial charge in [0.2, 0.25) is 0 Å². The minimum Gasteiger partial charge on any atom is -0.492 e. The summed E-state index contributed by atoms with van der Waals surface area (Å²) < 4.78 is 5.52. The van der Waals surface area contributed by atoms with Gasteiger partial charge in [-0.05, 0) is 31.0 Å². The van der Waals surface area contributed by atoms with Crippen LogP contribution in [0.25, 0.3) is 0 Å². The van der Waals surface area contributed by atoms with E-state index in [0.717, 1.165) is 17.7 Å². The molecular formula is C10H13BrO. The maximum Gasteiger partial charge on any atom is 0.122 e. The van der Waals surface area contributed by atoms with Gasteiger partial charge in [0.1, 0.15) is 5.75 Å². The third-order valence-corrected chi connectivity index (χ3v) is 2.00. The topological polar surface area (TPSA) is 9.23 Å². The molecule has 66 valence electrons. The molecule has 2 heteroatoms. The SMILES string of the molecule is Cc1ccc(C)c(OCCBr)c1. The van der Waals surface area contributed by atoms with Crippen molar-refractivity contribution in [2.45, 2.75) is 13.8 Å². The van der Waals surface area contributed by atoms with Gasteiger partial charge >= 0.3 is 0 Å². The number of hydrogen-bond acceptors (Lipinski definition) is 1. The predicted octanol–water partition coefficient (Wildman–Crippen LogP) is 3.08. The van der Waals surface area contributed by atoms with E-state index in [9.17, 15) is 0 Å². The van der Waals surface area contributed by atoms with Crippen LogP contribution in [0.4, 0.5) is 0 Å². The van der Waals surface area contributed by atoms with Crippen molar-refractivity contribution in [3.05, 3.63) is 29.3 Å². The predicted molar refractivity (Wildman–Crippen MR) is 55.2 cm³/mol. The van der Waals surface area contributed by atoms with Crippen LogP contribution in [0.5, 0.6) is 5.75 Å². The van der Waals surface area contributed by atoms with E-state index in [1.165, 1.54) is 11.1 Å². The zero-order valence-corrected chi connectivity index (χ0v) is 9.02. The fourth-order valence-electron chi connectivity index (χ4n) is 1.01. The van der Waals surface area contributed by atoms with E-state index < -0.39 is 0 Å². The summed E-state index contributed by atoms with van der Waals surface area (Å²) >= 11 is 3.32. The van der Waals surface area contributed by atoms with Crippen molar-refractivity contribution in [3.63, 3.8) is 0 Å². The second-order valence-electron chi connectivity index (χ2n) is 2.81. The Balaban J connectivity index is 2.75. The lowest BCUT2D eigenvalue weighted by molar-refractivity contribution is 0.342. The molecule has 0 aromatic heterocycles. The van der Waals surface area contributed by atoms with E-state index in [0.29, 0.717) is 0 Å². The minimum atomic E-state index is 0.726. The molecule has 0 aliphatic carbocycles. The third-order valence-electron chi connectivity index (χ3n) is 1.68. The molecule has 0 saturated heterocycles. The van der Waals surface area contributed by atoms with E-state index in [1.54, 1.807) is 0 Å². The molecule has 0 atom stereocenters. The molecule has 0 heterocycles. The summed E-state index contributed by atoms with van der Waals surface area (Å²) in [5.41, 5.74) is 2.44. The molecule has 0 spiro atoms. The van der Waals surface area contributed by atoms with Gasteiger partial charge in [0.15, 0.2) is 0 Å². The molecule has 0 aliphatic heterocycles. The molecule has 0 amide bonds. The lowest BCUT2D eigenvalue weighted by Gasteiger charge is -2.07. The molecule has 1 aromatic carbocycles. The van der Waals surface area contributed by atoms with Gasteiger partial charge in [0.05, 0.1) is 6.61 Å². The molecule has 12 heavy (non-hydrogen) atoms. The molecule has 1 rings (SSSR count). The second kappa shape index (κ2) is 4.51. The van der Waals surface area contributed by atoms with E-state index in [1.807, 2.05) is 0 Å². The van der Waals surface area contributed by atoms with Crippen LogP contribution in [-0.4, -0.2) is 11.9 Å². The lowest BCUT2D eigenvalue weighted by Crippen LogP contribution is -1.99. The Morgan fingerprint density at radius 2 is 2.08 bits per heavy atom. The van der Waals surface area contributed by atoms with Crippen LogP contribution >= 0.6 is 15.9 Å². The molecule has 0 unspecified atom stereocenters. The average Bonchev–Trinajstić information content (AvgIpc) is 2.07. The molecule has 0 bridgehead atoms. The van der Waals surface area contributed by atoms with Crippen LogP contribution in [-0.2, 0) is 0 Å². The molecule has 0 saturated carbocycles. The Hall–Kier alpha value is -0.500. The van der Waals surface area contributed by atoms with E-state index in [-0.39, 0.29) is 0 Å². The molecule has 0 aliphatic rings. The van der Waals surface area contributed by atoms with Crippen LogP contribution in [0, 0.1) is 13.8 Å². The summed E-state index contributed by atoms with van der Waals surface area (Å²) in [6.07, 6.45) is 0. The number of rotatable bonds is 3. The number of benzene rings is 1. The first kappa shape index (κ1) is 9.59. The van der Waals surface area contributed by atoms with Gasteiger partial charge in [0.25, 0.3) is 0 Å². The van der Waals surface area contributed by atoms with Crippen LogP contribution in [0.15, 0.2) is 18.2 Å². The highest BCUT2D eigenvalue weighted by atomic mass is 79.9. The van der Waals surface area contributed by atoms with Gasteiger partial charge in [-0.1, -0.05) is 28.1 Å². The van der Waals surface area contributed by atoms with Crippen LogP contribution in [0.1, 0.15) is 11.1 Å². The molecule has 0 N–H and O–H groups in total. The number of halogens is 1. The van der Waals surface area contributed by atoms with E-state index in [4.69, 9.17) is 4.74 Å². The van der Waals surface area contributed by atoms with E-state index in [2.05, 4.69) is 48.0 Å². The van der Waals surface area contributed by atoms with Gasteiger partial charge in [-0.3, -0.25) is 0 Å². The lowest BCUT2D eigenvalue weighted by atomic mass is 10.1. The monoisotopic (exact) mass is 228 g/mol. The Labute approximate surface area is 81.9 Å². The first-order valence-electron chi connectivity index (χ1n) is 4.00. The van der Waals surface area contributed by atoms with Crippen molar-refractivity contribution >= 4 is 15.9 Å². The molecule has 1 aromatic rings. The van der Waals surface area contributed by atoms with Crippen molar-refractivity contribution < 1.29 is 4.74 Å². The number of aryl methyl sites for hydroxylation is 2. The van der Waals surface area contributed by atoms with Gasteiger partial charge in [-0.15, -0.1) is 0 Å². The Kier molecular flexibility index (Phi) is 3.60. The van der Waals surface area contributed by atoms with E-state index >= 15 is 0 Å². The molecular weight excluding hydrogens is 216 g/mol. The summed E-state index contributed by atoms with van der Waals surface area (Å²) in [7, 11) is 0. The Morgan fingerprint density at radius 3 is 2.75 bits per heavy atom. The van der Waals surface area contributed by atoms with Gasteiger partial charge < -0.3 is 4.74 Å². The Bertz CT molecular complexity index is 258. The third kappa shape index (κ3) is 2.52. The first-order chi connectivity index (χ1) is 5.74. The number of alkyl halides is 1. The average molecular weight is 229 g/mol. The van der Waals surface area contributed by atoms with Crippen LogP contribution < -0.4 is 4.74 Å². The summed E-state index contributed by atoms with van der Waals surface area (Å²) in [4.78, 5) is 0. The standard InChI is InChI=1S/C10H13BrO/c1-8-3-4-9(2)10(7-8)12-6-5-11/h3-4,7H,5-6H2,1-2H3. The highest BCUT2D eigenvalue weighted by Crippen LogP contribution is 2.18. The fourth-order valence-corrected chi connectivity index (χ4v) is 1.17. The van der Waals surface area contributed by atoms with Crippen LogP contribution in [0.3, 0.4) is 0 Å². The fraction of sp³-hybridized carbons (Fsp3) is 0.400. The molecule has 1 nitrogen and oxygen atoms in total. The van der Waals surface area contributed by atoms with Crippen molar-refractivity contribution in [1.29, 1.82) is 0 Å². The van der Waals surface area contributed by atoms with Crippen molar-refractivity contribution in [2.75, 3.05) is 11.9 Å². The summed E-state index contributed by atoms with van der Waals surface area (Å²) in [5.74, 6) is 0.995. The largest absolute Gasteiger partial charge is 0.492 e. The van der Waals surface area contributed by atoms with Crippen molar-refractivity contribution in [3.8, 4) is 5.75 Å². The van der Waals surface area contributed by atoms with Gasteiger partial charge in [-0.2, -0.15) is 0 Å². The maximum atomic E-state index is 5.52. The van der Waals surface area contributed by atoms with Crippen LogP contribution in [0.2, 0.25) is 0 Å².